The van der Waals surface area contributed by atoms with Gasteiger partial charge in [-0.3, -0.25) is 9.59 Å². The minimum atomic E-state index is -4.22. The second-order valence-corrected chi connectivity index (χ2v) is 13.9. The third-order valence-electron chi connectivity index (χ3n) is 8.14. The Morgan fingerprint density at radius 2 is 1.65 bits per heavy atom. The van der Waals surface area contributed by atoms with Crippen LogP contribution in [0.4, 0.5) is 5.69 Å². The van der Waals surface area contributed by atoms with Gasteiger partial charge in [0.05, 0.1) is 40.0 Å². The molecule has 5 aromatic rings. The summed E-state index contributed by atoms with van der Waals surface area (Å²) in [5.74, 6) is -0.688. The molecule has 1 saturated heterocycles. The highest BCUT2D eigenvalue weighted by Gasteiger charge is 2.48. The lowest BCUT2D eigenvalue weighted by molar-refractivity contribution is -0.122. The number of imide groups is 1. The lowest BCUT2D eigenvalue weighted by atomic mass is 10.0. The van der Waals surface area contributed by atoms with Crippen molar-refractivity contribution < 1.29 is 22.4 Å². The molecular formula is C33H31N3O5S2. The molecule has 1 unspecified atom stereocenters. The third kappa shape index (κ3) is 5.09. The molecule has 8 nitrogen and oxygen atoms in total. The number of furan rings is 1. The Hall–Kier alpha value is -4.12. The van der Waals surface area contributed by atoms with Gasteiger partial charge < -0.3 is 4.42 Å². The molecule has 1 aliphatic rings. The minimum Gasteiger partial charge on any atom is -0.468 e. The summed E-state index contributed by atoms with van der Waals surface area (Å²) in [6.07, 6.45) is 1.18. The summed E-state index contributed by atoms with van der Waals surface area (Å²) in [4.78, 5) is 33.3. The lowest BCUT2D eigenvalue weighted by Gasteiger charge is -2.28. The van der Waals surface area contributed by atoms with Crippen molar-refractivity contribution in [2.75, 3.05) is 4.90 Å². The number of rotatable bonds is 7. The van der Waals surface area contributed by atoms with E-state index in [2.05, 4.69) is 6.07 Å². The summed E-state index contributed by atoms with van der Waals surface area (Å²) < 4.78 is 36.5. The molecule has 0 N–H and O–H groups in total. The van der Waals surface area contributed by atoms with Crippen LogP contribution in [0.1, 0.15) is 40.0 Å². The highest BCUT2D eigenvalue weighted by molar-refractivity contribution is 7.89. The fourth-order valence-electron chi connectivity index (χ4n) is 5.62. The number of fused-ring (bicyclic) bond motifs is 1. The van der Waals surface area contributed by atoms with Crippen molar-refractivity contribution in [2.24, 2.45) is 0 Å². The van der Waals surface area contributed by atoms with Crippen LogP contribution in [0.25, 0.3) is 20.8 Å². The summed E-state index contributed by atoms with van der Waals surface area (Å²) in [6.45, 7) is 9.11. The normalized spacial score (nSPS) is 15.8. The summed E-state index contributed by atoms with van der Waals surface area (Å²) >= 11 is 1.57. The van der Waals surface area contributed by atoms with Crippen molar-refractivity contribution in [1.29, 1.82) is 0 Å². The minimum absolute atomic E-state index is 0.158. The van der Waals surface area contributed by atoms with Gasteiger partial charge in [0.1, 0.15) is 16.8 Å². The average molecular weight is 614 g/mol. The van der Waals surface area contributed by atoms with Crippen LogP contribution in [-0.4, -0.2) is 35.6 Å². The lowest BCUT2D eigenvalue weighted by Crippen LogP contribution is -2.45. The van der Waals surface area contributed by atoms with Crippen LogP contribution < -0.4 is 4.90 Å². The monoisotopic (exact) mass is 613 g/mol. The standard InChI is InChI=1S/C33H31N3O5S2/c1-19-8-13-27-29(15-19)42-32(34-27)24-9-11-25(12-10-24)36-30(37)17-28(33(36)38)35(18-26-7-6-14-41-26)43(39,40)31-22(4)20(2)16-21(3)23(31)5/h6-16,28H,17-18H2,1-5H3. The Morgan fingerprint density at radius 3 is 2.30 bits per heavy atom. The number of carbonyl (C=O) groups excluding carboxylic acids is 2. The van der Waals surface area contributed by atoms with Gasteiger partial charge in [-0.15, -0.1) is 11.3 Å². The topological polar surface area (TPSA) is 101 Å². The Kier molecular flexibility index (Phi) is 7.32. The molecule has 2 aromatic heterocycles. The van der Waals surface area contributed by atoms with Crippen LogP contribution >= 0.6 is 11.3 Å². The van der Waals surface area contributed by atoms with Crippen molar-refractivity contribution in [3.63, 3.8) is 0 Å². The first kappa shape index (κ1) is 29.0. The smallest absolute Gasteiger partial charge is 0.252 e. The van der Waals surface area contributed by atoms with E-state index < -0.39 is 27.9 Å². The second-order valence-electron chi connectivity index (χ2n) is 11.0. The highest BCUT2D eigenvalue weighted by atomic mass is 32.2. The first-order valence-electron chi connectivity index (χ1n) is 13.9. The molecule has 1 fully saturated rings. The molecule has 10 heteroatoms. The van der Waals surface area contributed by atoms with E-state index in [1.54, 1.807) is 49.4 Å². The molecule has 0 spiro atoms. The van der Waals surface area contributed by atoms with E-state index in [-0.39, 0.29) is 17.9 Å². The van der Waals surface area contributed by atoms with E-state index in [4.69, 9.17) is 9.40 Å². The molecule has 1 aliphatic heterocycles. The van der Waals surface area contributed by atoms with Crippen molar-refractivity contribution in [1.82, 2.24) is 9.29 Å². The number of aromatic nitrogens is 1. The fraction of sp³-hybridized carbons (Fsp3) is 0.242. The number of sulfonamides is 1. The maximum Gasteiger partial charge on any atom is 0.252 e. The molecule has 0 saturated carbocycles. The van der Waals surface area contributed by atoms with Gasteiger partial charge in [-0.2, -0.15) is 4.31 Å². The third-order valence-corrected chi connectivity index (χ3v) is 11.3. The van der Waals surface area contributed by atoms with Gasteiger partial charge in [0.25, 0.3) is 5.91 Å². The molecule has 2 amide bonds. The van der Waals surface area contributed by atoms with Crippen molar-refractivity contribution in [3.8, 4) is 10.6 Å². The Labute approximate surface area is 254 Å². The number of amides is 2. The van der Waals surface area contributed by atoms with Gasteiger partial charge in [-0.25, -0.2) is 18.3 Å². The van der Waals surface area contributed by atoms with E-state index >= 15 is 0 Å². The molecule has 3 aromatic carbocycles. The van der Waals surface area contributed by atoms with Gasteiger partial charge >= 0.3 is 0 Å². The van der Waals surface area contributed by atoms with Gasteiger partial charge in [0.15, 0.2) is 0 Å². The summed E-state index contributed by atoms with van der Waals surface area (Å²) in [7, 11) is -4.22. The Morgan fingerprint density at radius 1 is 0.953 bits per heavy atom. The predicted octanol–water partition coefficient (Wildman–Crippen LogP) is 6.62. The SMILES string of the molecule is Cc1ccc2nc(-c3ccc(N4C(=O)CC(N(Cc5ccco5)S(=O)(=O)c5c(C)c(C)cc(C)c5C)C4=O)cc3)sc2c1. The molecule has 0 radical (unpaired) electrons. The van der Waals surface area contributed by atoms with E-state index in [1.165, 1.54) is 6.26 Å². The maximum absolute atomic E-state index is 14.4. The number of nitrogens with zero attached hydrogens (tertiary/aromatic N) is 3. The van der Waals surface area contributed by atoms with E-state index in [9.17, 15) is 18.0 Å². The first-order chi connectivity index (χ1) is 20.5. The number of benzene rings is 3. The van der Waals surface area contributed by atoms with Crippen LogP contribution in [0, 0.1) is 34.6 Å². The Balaban J connectivity index is 1.35. The first-order valence-corrected chi connectivity index (χ1v) is 16.2. The zero-order chi connectivity index (χ0) is 30.6. The van der Waals surface area contributed by atoms with Crippen LogP contribution in [0.15, 0.2) is 76.2 Å². The second kappa shape index (κ2) is 10.9. The van der Waals surface area contributed by atoms with Crippen LogP contribution in [-0.2, 0) is 26.2 Å². The number of anilines is 1. The molecule has 43 heavy (non-hydrogen) atoms. The van der Waals surface area contributed by atoms with Gasteiger partial charge in [0.2, 0.25) is 15.9 Å². The zero-order valence-electron chi connectivity index (χ0n) is 24.5. The average Bonchev–Trinajstić information content (AvgIpc) is 3.70. The zero-order valence-corrected chi connectivity index (χ0v) is 26.2. The maximum atomic E-state index is 14.4. The number of thiazole rings is 1. The van der Waals surface area contributed by atoms with E-state index in [0.29, 0.717) is 22.6 Å². The molecule has 6 rings (SSSR count). The molecule has 1 atom stereocenters. The van der Waals surface area contributed by atoms with Crippen LogP contribution in [0.2, 0.25) is 0 Å². The van der Waals surface area contributed by atoms with Gasteiger partial charge in [-0.1, -0.05) is 12.1 Å². The summed E-state index contributed by atoms with van der Waals surface area (Å²) in [5.41, 5.74) is 6.20. The van der Waals surface area contributed by atoms with Crippen molar-refractivity contribution >= 4 is 49.1 Å². The number of aryl methyl sites for hydroxylation is 3. The number of hydrogen-bond acceptors (Lipinski definition) is 7. The molecule has 220 valence electrons. The largest absolute Gasteiger partial charge is 0.468 e. The van der Waals surface area contributed by atoms with Crippen LogP contribution in [0.5, 0.6) is 0 Å². The van der Waals surface area contributed by atoms with Gasteiger partial charge in [-0.05, 0) is 111 Å². The van der Waals surface area contributed by atoms with Gasteiger partial charge in [0, 0.05) is 5.56 Å². The summed E-state index contributed by atoms with van der Waals surface area (Å²) in [6, 6.07) is 17.2. The van der Waals surface area contributed by atoms with E-state index in [1.807, 2.05) is 51.1 Å². The number of carbonyl (C=O) groups is 2. The molecule has 0 aliphatic carbocycles. The molecule has 0 bridgehead atoms. The Bertz CT molecular complexity index is 1970. The van der Waals surface area contributed by atoms with E-state index in [0.717, 1.165) is 46.7 Å². The molecular weight excluding hydrogens is 583 g/mol. The number of hydrogen-bond donors (Lipinski definition) is 0. The van der Waals surface area contributed by atoms with Crippen molar-refractivity contribution in [2.45, 2.75) is 58.5 Å². The fourth-order valence-corrected chi connectivity index (χ4v) is 8.82. The molecule has 3 heterocycles. The summed E-state index contributed by atoms with van der Waals surface area (Å²) in [5, 5.41) is 0.832. The predicted molar refractivity (Wildman–Crippen MR) is 168 cm³/mol. The highest BCUT2D eigenvalue weighted by Crippen LogP contribution is 2.36. The quantitative estimate of drug-likeness (QED) is 0.191. The van der Waals surface area contributed by atoms with Crippen molar-refractivity contribution in [3.05, 3.63) is 101 Å². The van der Waals surface area contributed by atoms with Crippen LogP contribution in [0.3, 0.4) is 0 Å².